The van der Waals surface area contributed by atoms with Crippen LogP contribution in [0.25, 0.3) is 0 Å². The third kappa shape index (κ3) is 6.48. The van der Waals surface area contributed by atoms with E-state index < -0.39 is 15.8 Å². The Balaban J connectivity index is 1.05. The summed E-state index contributed by atoms with van der Waals surface area (Å²) in [5, 5.41) is 3.11. The summed E-state index contributed by atoms with van der Waals surface area (Å²) in [4.78, 5) is 0. The lowest BCUT2D eigenvalue weighted by Gasteiger charge is -2.32. The Labute approximate surface area is 304 Å². The van der Waals surface area contributed by atoms with E-state index in [2.05, 4.69) is 142 Å². The zero-order chi connectivity index (χ0) is 35.4. The van der Waals surface area contributed by atoms with E-state index in [4.69, 9.17) is 18.9 Å². The van der Waals surface area contributed by atoms with E-state index in [9.17, 15) is 0 Å². The van der Waals surface area contributed by atoms with Crippen LogP contribution in [0.15, 0.2) is 72.8 Å². The van der Waals surface area contributed by atoms with E-state index in [1.165, 1.54) is 11.1 Å². The molecule has 4 aliphatic heterocycles. The number of hydrogen-bond donors (Lipinski definition) is 0. The smallest absolute Gasteiger partial charge is 0.184 e. The van der Waals surface area contributed by atoms with Gasteiger partial charge in [-0.3, -0.25) is 0 Å². The Morgan fingerprint density at radius 3 is 1.04 bits per heavy atom. The third-order valence-corrected chi connectivity index (χ3v) is 19.4. The van der Waals surface area contributed by atoms with Gasteiger partial charge in [0.25, 0.3) is 0 Å². The first kappa shape index (κ1) is 36.7. The summed E-state index contributed by atoms with van der Waals surface area (Å²) in [6.07, 6.45) is 2.22. The lowest BCUT2D eigenvalue weighted by molar-refractivity contribution is -0.0705. The van der Waals surface area contributed by atoms with Crippen LogP contribution >= 0.6 is 15.8 Å². The SMILES string of the molecule is CCC(c1ccc(C2OC3C(O2)C(C)P(c2ccccc2P2C(C)C4OC(c5ccc(C(CC)C(C)C)cc5)OC4C2C)C3C)cc1)C(C)C. The molecule has 0 bridgehead atoms. The maximum atomic E-state index is 6.80. The van der Waals surface area contributed by atoms with Crippen molar-refractivity contribution in [1.29, 1.82) is 0 Å². The van der Waals surface area contributed by atoms with Crippen LogP contribution in [0.4, 0.5) is 0 Å². The van der Waals surface area contributed by atoms with Gasteiger partial charge in [0.15, 0.2) is 12.6 Å². The van der Waals surface area contributed by atoms with E-state index in [0.29, 0.717) is 46.3 Å². The standard InChI is InChI=1S/C44H60O4P2/c1-11-35(25(3)4)31-17-21-33(22-18-31)43-45-39-27(7)49(28(8)40(39)46-43)37-15-13-14-16-38(37)50-29(9)41-42(30(50)10)48-44(47-41)34-23-19-32(20-24-34)36(12-2)26(5)6/h13-30,35-36,39-44H,11-12H2,1-10H3. The quantitative estimate of drug-likeness (QED) is 0.196. The molecule has 4 nitrogen and oxygen atoms in total. The predicted molar refractivity (Wildman–Crippen MR) is 211 cm³/mol. The second-order valence-electron chi connectivity index (χ2n) is 16.2. The zero-order valence-electron chi connectivity index (χ0n) is 32.0. The van der Waals surface area contributed by atoms with Gasteiger partial charge >= 0.3 is 0 Å². The van der Waals surface area contributed by atoms with Crippen molar-refractivity contribution >= 4 is 26.5 Å². The van der Waals surface area contributed by atoms with Gasteiger partial charge in [-0.1, -0.05) is 158 Å². The fourth-order valence-electron chi connectivity index (χ4n) is 9.95. The van der Waals surface area contributed by atoms with Crippen molar-refractivity contribution in [2.45, 2.75) is 154 Å². The zero-order valence-corrected chi connectivity index (χ0v) is 33.7. The molecule has 4 heterocycles. The minimum atomic E-state index is -0.473. The van der Waals surface area contributed by atoms with Gasteiger partial charge in [-0.05, 0) is 58.2 Å². The molecule has 0 N–H and O–H groups in total. The first-order valence-corrected chi connectivity index (χ1v) is 22.5. The molecule has 0 aliphatic carbocycles. The predicted octanol–water partition coefficient (Wildman–Crippen LogP) is 10.7. The molecule has 7 rings (SSSR count). The van der Waals surface area contributed by atoms with Crippen molar-refractivity contribution < 1.29 is 18.9 Å². The number of fused-ring (bicyclic) bond motifs is 2. The third-order valence-electron chi connectivity index (χ3n) is 12.6. The first-order chi connectivity index (χ1) is 24.0. The molecular weight excluding hydrogens is 654 g/mol. The molecule has 10 atom stereocenters. The largest absolute Gasteiger partial charge is 0.342 e. The second kappa shape index (κ2) is 15.0. The summed E-state index contributed by atoms with van der Waals surface area (Å²) in [6.45, 7) is 23.5. The molecule has 0 spiro atoms. The lowest BCUT2D eigenvalue weighted by atomic mass is 9.86. The minimum Gasteiger partial charge on any atom is -0.342 e. The maximum Gasteiger partial charge on any atom is 0.184 e. The molecule has 50 heavy (non-hydrogen) atoms. The molecule has 6 heteroatoms. The van der Waals surface area contributed by atoms with Crippen molar-refractivity contribution in [2.75, 3.05) is 0 Å². The first-order valence-electron chi connectivity index (χ1n) is 19.5. The average molecular weight is 715 g/mol. The molecule has 4 aliphatic rings. The van der Waals surface area contributed by atoms with E-state index in [1.54, 1.807) is 10.6 Å². The molecule has 270 valence electrons. The normalized spacial score (nSPS) is 36.2. The summed E-state index contributed by atoms with van der Waals surface area (Å²) in [5.41, 5.74) is 6.81. The molecular formula is C44H60O4P2. The fourth-order valence-corrected chi connectivity index (χ4v) is 17.3. The van der Waals surface area contributed by atoms with Gasteiger partial charge in [-0.2, -0.15) is 0 Å². The van der Waals surface area contributed by atoms with Gasteiger partial charge in [-0.25, -0.2) is 0 Å². The molecule has 3 aromatic carbocycles. The minimum absolute atomic E-state index is 0.116. The summed E-state index contributed by atoms with van der Waals surface area (Å²) < 4.78 is 27.2. The highest BCUT2D eigenvalue weighted by molar-refractivity contribution is 7.73. The van der Waals surface area contributed by atoms with Gasteiger partial charge in [0.1, 0.15) is 0 Å². The van der Waals surface area contributed by atoms with Gasteiger partial charge in [-0.15, -0.1) is 0 Å². The van der Waals surface area contributed by atoms with Crippen molar-refractivity contribution in [2.24, 2.45) is 11.8 Å². The number of ether oxygens (including phenoxy) is 4. The summed E-state index contributed by atoms with van der Waals surface area (Å²) >= 11 is 0. The molecule has 0 saturated carbocycles. The summed E-state index contributed by atoms with van der Waals surface area (Å²) in [5.74, 6) is 2.44. The Morgan fingerprint density at radius 2 is 0.780 bits per heavy atom. The van der Waals surface area contributed by atoms with Crippen LogP contribution in [0.3, 0.4) is 0 Å². The van der Waals surface area contributed by atoms with Crippen LogP contribution in [0.1, 0.15) is 129 Å². The van der Waals surface area contributed by atoms with Crippen molar-refractivity contribution in [3.8, 4) is 0 Å². The monoisotopic (exact) mass is 714 g/mol. The van der Waals surface area contributed by atoms with Crippen molar-refractivity contribution in [1.82, 2.24) is 0 Å². The van der Waals surface area contributed by atoms with Gasteiger partial charge in [0.2, 0.25) is 0 Å². The highest BCUT2D eigenvalue weighted by atomic mass is 31.1. The molecule has 10 unspecified atom stereocenters. The lowest BCUT2D eigenvalue weighted by Crippen LogP contribution is -2.31. The van der Waals surface area contributed by atoms with Crippen LogP contribution in [0, 0.1) is 11.8 Å². The van der Waals surface area contributed by atoms with Crippen LogP contribution in [0.2, 0.25) is 0 Å². The van der Waals surface area contributed by atoms with Crippen LogP contribution in [-0.2, 0) is 18.9 Å². The molecule has 0 radical (unpaired) electrons. The molecule has 4 saturated heterocycles. The molecule has 4 fully saturated rings. The fraction of sp³-hybridized carbons (Fsp3) is 0.591. The highest BCUT2D eigenvalue weighted by Crippen LogP contribution is 2.64. The van der Waals surface area contributed by atoms with Crippen molar-refractivity contribution in [3.05, 3.63) is 95.1 Å². The highest BCUT2D eigenvalue weighted by Gasteiger charge is 2.57. The Hall–Kier alpha value is -1.64. The van der Waals surface area contributed by atoms with Gasteiger partial charge < -0.3 is 18.9 Å². The summed E-state index contributed by atoms with van der Waals surface area (Å²) in [7, 11) is -0.945. The maximum absolute atomic E-state index is 6.80. The number of hydrogen-bond acceptors (Lipinski definition) is 4. The van der Waals surface area contributed by atoms with Crippen molar-refractivity contribution in [3.63, 3.8) is 0 Å². The molecule has 3 aromatic rings. The average Bonchev–Trinajstić information content (AvgIpc) is 3.85. The number of benzene rings is 3. The van der Waals surface area contributed by atoms with E-state index in [0.717, 1.165) is 24.0 Å². The number of rotatable bonds is 10. The topological polar surface area (TPSA) is 36.9 Å². The van der Waals surface area contributed by atoms with E-state index >= 15 is 0 Å². The Morgan fingerprint density at radius 1 is 0.480 bits per heavy atom. The van der Waals surface area contributed by atoms with Crippen LogP contribution < -0.4 is 10.6 Å². The van der Waals surface area contributed by atoms with Gasteiger partial charge in [0, 0.05) is 33.8 Å². The Kier molecular flexibility index (Phi) is 11.0. The van der Waals surface area contributed by atoms with Crippen LogP contribution in [0.5, 0.6) is 0 Å². The molecule has 0 aromatic heterocycles. The van der Waals surface area contributed by atoms with E-state index in [-0.39, 0.29) is 37.0 Å². The summed E-state index contributed by atoms with van der Waals surface area (Å²) in [6, 6.07) is 27.5. The van der Waals surface area contributed by atoms with E-state index in [1.807, 2.05) is 0 Å². The Bertz CT molecular complexity index is 1440. The van der Waals surface area contributed by atoms with Gasteiger partial charge in [0.05, 0.1) is 24.4 Å². The molecule has 0 amide bonds. The van der Waals surface area contributed by atoms with Crippen LogP contribution in [-0.4, -0.2) is 47.1 Å². The second-order valence-corrected chi connectivity index (χ2v) is 22.0.